The lowest BCUT2D eigenvalue weighted by atomic mass is 9.97. The summed E-state index contributed by atoms with van der Waals surface area (Å²) in [6.45, 7) is -0.153. The average Bonchev–Trinajstić information content (AvgIpc) is 2.86. The van der Waals surface area contributed by atoms with E-state index in [9.17, 15) is 10.1 Å². The number of hydrogen-bond donors (Lipinski definition) is 1. The number of ether oxygens (including phenoxy) is 2. The zero-order valence-electron chi connectivity index (χ0n) is 18.1. The molecule has 0 unspecified atom stereocenters. The molecule has 0 fully saturated rings. The summed E-state index contributed by atoms with van der Waals surface area (Å²) in [5.41, 5.74) is 2.91. The Hall–Kier alpha value is -4.56. The molecule has 0 radical (unpaired) electrons. The van der Waals surface area contributed by atoms with Gasteiger partial charge in [0.05, 0.1) is 18.8 Å². The zero-order valence-corrected chi connectivity index (χ0v) is 18.1. The van der Waals surface area contributed by atoms with E-state index in [1.165, 1.54) is 7.11 Å². The van der Waals surface area contributed by atoms with E-state index >= 15 is 0 Å². The minimum Gasteiger partial charge on any atom is -0.493 e. The molecular formula is C28H22N2O3. The molecule has 0 atom stereocenters. The monoisotopic (exact) mass is 434 g/mol. The van der Waals surface area contributed by atoms with Crippen LogP contribution in [0.2, 0.25) is 0 Å². The molecule has 1 amide bonds. The number of rotatable bonds is 7. The number of para-hydroxylation sites is 1. The molecule has 0 aliphatic rings. The summed E-state index contributed by atoms with van der Waals surface area (Å²) >= 11 is 0. The third kappa shape index (κ3) is 5.20. The molecule has 4 aromatic rings. The van der Waals surface area contributed by atoms with Gasteiger partial charge in [0.1, 0.15) is 0 Å². The Labute approximate surface area is 192 Å². The van der Waals surface area contributed by atoms with Gasteiger partial charge in [-0.1, -0.05) is 66.7 Å². The van der Waals surface area contributed by atoms with Gasteiger partial charge in [-0.05, 0) is 46.7 Å². The minimum atomic E-state index is -0.269. The van der Waals surface area contributed by atoms with Crippen LogP contribution in [-0.2, 0) is 4.79 Å². The lowest BCUT2D eigenvalue weighted by Gasteiger charge is -2.12. The molecule has 0 aliphatic heterocycles. The fraction of sp³-hybridized carbons (Fsp3) is 0.0714. The Morgan fingerprint density at radius 3 is 2.48 bits per heavy atom. The predicted molar refractivity (Wildman–Crippen MR) is 131 cm³/mol. The maximum Gasteiger partial charge on any atom is 0.262 e. The molecule has 5 nitrogen and oxygen atoms in total. The second-order valence-corrected chi connectivity index (χ2v) is 7.31. The Morgan fingerprint density at radius 2 is 1.70 bits per heavy atom. The summed E-state index contributed by atoms with van der Waals surface area (Å²) in [6.07, 6.45) is 1.82. The number of carbonyl (C=O) groups excluding carboxylic acids is 1. The smallest absolute Gasteiger partial charge is 0.262 e. The Kier molecular flexibility index (Phi) is 6.67. The molecule has 33 heavy (non-hydrogen) atoms. The SMILES string of the molecule is COc1cc(/C=C(\C#N)c2cccc3ccccc23)ccc1OCC(=O)Nc1ccccc1. The first kappa shape index (κ1) is 21.7. The summed E-state index contributed by atoms with van der Waals surface area (Å²) in [6, 6.07) is 30.7. The number of fused-ring (bicyclic) bond motifs is 1. The van der Waals surface area contributed by atoms with E-state index < -0.39 is 0 Å². The van der Waals surface area contributed by atoms with Gasteiger partial charge in [-0.25, -0.2) is 0 Å². The van der Waals surface area contributed by atoms with Gasteiger partial charge in [0.15, 0.2) is 18.1 Å². The van der Waals surface area contributed by atoms with Crippen LogP contribution in [0.25, 0.3) is 22.4 Å². The van der Waals surface area contributed by atoms with Gasteiger partial charge in [-0.2, -0.15) is 5.26 Å². The number of carbonyl (C=O) groups is 1. The molecular weight excluding hydrogens is 412 g/mol. The molecule has 1 N–H and O–H groups in total. The van der Waals surface area contributed by atoms with Crippen molar-refractivity contribution in [1.29, 1.82) is 5.26 Å². The Balaban J connectivity index is 1.54. The van der Waals surface area contributed by atoms with Crippen molar-refractivity contribution in [3.63, 3.8) is 0 Å². The zero-order chi connectivity index (χ0) is 23.0. The normalized spacial score (nSPS) is 11.0. The van der Waals surface area contributed by atoms with Gasteiger partial charge in [0.25, 0.3) is 5.91 Å². The van der Waals surface area contributed by atoms with Crippen molar-refractivity contribution >= 4 is 34.0 Å². The third-order valence-corrected chi connectivity index (χ3v) is 5.12. The van der Waals surface area contributed by atoms with E-state index in [-0.39, 0.29) is 12.5 Å². The van der Waals surface area contributed by atoms with Crippen molar-refractivity contribution in [2.75, 3.05) is 19.0 Å². The standard InChI is InChI=1S/C28H22N2O3/c1-32-27-17-20(14-15-26(27)33-19-28(31)30-23-10-3-2-4-11-23)16-22(18-29)25-13-7-9-21-8-5-6-12-24(21)25/h2-17H,19H2,1H3,(H,30,31)/b22-16+. The first-order chi connectivity index (χ1) is 16.2. The van der Waals surface area contributed by atoms with E-state index in [0.717, 1.165) is 21.9 Å². The molecule has 0 aromatic heterocycles. The van der Waals surface area contributed by atoms with Crippen LogP contribution in [0.15, 0.2) is 91.0 Å². The summed E-state index contributed by atoms with van der Waals surface area (Å²) in [4.78, 5) is 12.2. The van der Waals surface area contributed by atoms with Gasteiger partial charge in [0, 0.05) is 11.3 Å². The number of nitrogens with zero attached hydrogens (tertiary/aromatic N) is 1. The molecule has 0 heterocycles. The van der Waals surface area contributed by atoms with E-state index in [0.29, 0.717) is 22.8 Å². The first-order valence-corrected chi connectivity index (χ1v) is 10.4. The molecule has 4 aromatic carbocycles. The van der Waals surface area contributed by atoms with Crippen LogP contribution >= 0.6 is 0 Å². The quantitative estimate of drug-likeness (QED) is 0.289. The molecule has 0 bridgehead atoms. The summed E-state index contributed by atoms with van der Waals surface area (Å²) < 4.78 is 11.1. The van der Waals surface area contributed by atoms with Crippen molar-refractivity contribution in [3.05, 3.63) is 102 Å². The maximum atomic E-state index is 12.2. The van der Waals surface area contributed by atoms with Crippen molar-refractivity contribution in [3.8, 4) is 17.6 Å². The van der Waals surface area contributed by atoms with Gasteiger partial charge >= 0.3 is 0 Å². The highest BCUT2D eigenvalue weighted by Crippen LogP contribution is 2.31. The summed E-state index contributed by atoms with van der Waals surface area (Å²) in [7, 11) is 1.54. The Morgan fingerprint density at radius 1 is 0.939 bits per heavy atom. The summed E-state index contributed by atoms with van der Waals surface area (Å²) in [5.74, 6) is 0.656. The van der Waals surface area contributed by atoms with E-state index in [1.54, 1.807) is 12.1 Å². The van der Waals surface area contributed by atoms with Gasteiger partial charge in [-0.15, -0.1) is 0 Å². The molecule has 0 saturated carbocycles. The highest BCUT2D eigenvalue weighted by atomic mass is 16.5. The maximum absolute atomic E-state index is 12.2. The molecule has 5 heteroatoms. The lowest BCUT2D eigenvalue weighted by molar-refractivity contribution is -0.118. The van der Waals surface area contributed by atoms with Crippen LogP contribution in [-0.4, -0.2) is 19.6 Å². The van der Waals surface area contributed by atoms with Crippen LogP contribution in [0.1, 0.15) is 11.1 Å². The van der Waals surface area contributed by atoms with Gasteiger partial charge in [0.2, 0.25) is 0 Å². The number of methoxy groups -OCH3 is 1. The number of benzene rings is 4. The van der Waals surface area contributed by atoms with Crippen LogP contribution in [0.5, 0.6) is 11.5 Å². The molecule has 0 saturated heterocycles. The molecule has 4 rings (SSSR count). The molecule has 0 spiro atoms. The second kappa shape index (κ2) is 10.2. The van der Waals surface area contributed by atoms with E-state index in [2.05, 4.69) is 11.4 Å². The average molecular weight is 434 g/mol. The van der Waals surface area contributed by atoms with Gasteiger partial charge < -0.3 is 14.8 Å². The molecule has 0 aliphatic carbocycles. The van der Waals surface area contributed by atoms with Crippen molar-refractivity contribution < 1.29 is 14.3 Å². The van der Waals surface area contributed by atoms with Crippen molar-refractivity contribution in [1.82, 2.24) is 0 Å². The van der Waals surface area contributed by atoms with Crippen LogP contribution < -0.4 is 14.8 Å². The number of amides is 1. The third-order valence-electron chi connectivity index (χ3n) is 5.12. The Bertz CT molecular complexity index is 1350. The van der Waals surface area contributed by atoms with Crippen molar-refractivity contribution in [2.24, 2.45) is 0 Å². The van der Waals surface area contributed by atoms with Gasteiger partial charge in [-0.3, -0.25) is 4.79 Å². The second-order valence-electron chi connectivity index (χ2n) is 7.31. The van der Waals surface area contributed by atoms with Crippen LogP contribution in [0.4, 0.5) is 5.69 Å². The lowest BCUT2D eigenvalue weighted by Crippen LogP contribution is -2.20. The fourth-order valence-electron chi connectivity index (χ4n) is 3.55. The summed E-state index contributed by atoms with van der Waals surface area (Å²) in [5, 5.41) is 14.7. The number of hydrogen-bond acceptors (Lipinski definition) is 4. The van der Waals surface area contributed by atoms with Crippen LogP contribution in [0.3, 0.4) is 0 Å². The minimum absolute atomic E-state index is 0.153. The first-order valence-electron chi connectivity index (χ1n) is 10.4. The van der Waals surface area contributed by atoms with Crippen molar-refractivity contribution in [2.45, 2.75) is 0 Å². The topological polar surface area (TPSA) is 71.3 Å². The van der Waals surface area contributed by atoms with Crippen LogP contribution in [0, 0.1) is 11.3 Å². The highest BCUT2D eigenvalue weighted by molar-refractivity contribution is 6.01. The highest BCUT2D eigenvalue weighted by Gasteiger charge is 2.11. The molecule has 162 valence electrons. The predicted octanol–water partition coefficient (Wildman–Crippen LogP) is 5.93. The largest absolute Gasteiger partial charge is 0.493 e. The number of nitrogens with one attached hydrogen (secondary N) is 1. The fourth-order valence-corrected chi connectivity index (χ4v) is 3.55. The number of anilines is 1. The van der Waals surface area contributed by atoms with E-state index in [4.69, 9.17) is 9.47 Å². The van der Waals surface area contributed by atoms with E-state index in [1.807, 2.05) is 84.9 Å². The number of nitriles is 1. The number of allylic oxidation sites excluding steroid dienone is 1.